The van der Waals surface area contributed by atoms with Gasteiger partial charge in [0.15, 0.2) is 5.65 Å². The van der Waals surface area contributed by atoms with Gasteiger partial charge in [-0.3, -0.25) is 14.2 Å². The molecule has 1 aliphatic rings. The predicted octanol–water partition coefficient (Wildman–Crippen LogP) is 3.63. The van der Waals surface area contributed by atoms with E-state index in [2.05, 4.69) is 21.9 Å². The molecule has 0 N–H and O–H groups in total. The van der Waals surface area contributed by atoms with Gasteiger partial charge in [-0.2, -0.15) is 0 Å². The fourth-order valence-electron chi connectivity index (χ4n) is 4.25. The summed E-state index contributed by atoms with van der Waals surface area (Å²) in [4.78, 5) is 38.2. The average molecular weight is 470 g/mol. The first-order valence-electron chi connectivity index (χ1n) is 11.7. The van der Waals surface area contributed by atoms with E-state index in [-0.39, 0.29) is 11.9 Å². The summed E-state index contributed by atoms with van der Waals surface area (Å²) in [5.74, 6) is -0.289. The minimum absolute atomic E-state index is 0.0615. The first kappa shape index (κ1) is 22.7. The van der Waals surface area contributed by atoms with E-state index in [0.717, 1.165) is 48.7 Å². The molecule has 2 aromatic heterocycles. The standard InChI is InChI=1S/C27H27N5O3/c1-3-35-27(34)22-6-4-5-21(15-22)24-16-29-25-17-28-23(18-32(24)25)19-7-9-20(10-8-19)26(33)31-13-11-30(2)12-14-31/h4-10,15-18H,3,11-14H2,1-2H3. The number of piperazine rings is 1. The number of fused-ring (bicyclic) bond motifs is 1. The molecule has 5 rings (SSSR count). The van der Waals surface area contributed by atoms with Crippen LogP contribution >= 0.6 is 0 Å². The van der Waals surface area contributed by atoms with Gasteiger partial charge in [0, 0.05) is 49.1 Å². The van der Waals surface area contributed by atoms with E-state index in [0.29, 0.717) is 23.4 Å². The van der Waals surface area contributed by atoms with Crippen molar-refractivity contribution in [3.05, 3.63) is 78.2 Å². The summed E-state index contributed by atoms with van der Waals surface area (Å²) in [5, 5.41) is 0. The first-order valence-corrected chi connectivity index (χ1v) is 11.7. The molecule has 0 bridgehead atoms. The third kappa shape index (κ3) is 4.65. The van der Waals surface area contributed by atoms with Crippen LogP contribution in [-0.2, 0) is 4.74 Å². The van der Waals surface area contributed by atoms with Crippen LogP contribution in [0.1, 0.15) is 27.6 Å². The number of hydrogen-bond acceptors (Lipinski definition) is 6. The van der Waals surface area contributed by atoms with Crippen LogP contribution in [-0.4, -0.2) is 75.9 Å². The number of imidazole rings is 1. The molecule has 8 heteroatoms. The van der Waals surface area contributed by atoms with Gasteiger partial charge in [-0.15, -0.1) is 0 Å². The monoisotopic (exact) mass is 469 g/mol. The Bertz CT molecular complexity index is 1370. The van der Waals surface area contributed by atoms with Crippen molar-refractivity contribution in [1.29, 1.82) is 0 Å². The smallest absolute Gasteiger partial charge is 0.338 e. The van der Waals surface area contributed by atoms with Crippen molar-refractivity contribution in [1.82, 2.24) is 24.2 Å². The second-order valence-corrected chi connectivity index (χ2v) is 8.62. The molecule has 0 atom stereocenters. The van der Waals surface area contributed by atoms with Crippen molar-refractivity contribution in [2.75, 3.05) is 39.8 Å². The van der Waals surface area contributed by atoms with Crippen molar-refractivity contribution in [2.45, 2.75) is 6.92 Å². The van der Waals surface area contributed by atoms with Crippen molar-refractivity contribution < 1.29 is 14.3 Å². The van der Waals surface area contributed by atoms with Crippen molar-refractivity contribution in [3.8, 4) is 22.5 Å². The lowest BCUT2D eigenvalue weighted by Crippen LogP contribution is -2.47. The molecule has 0 aliphatic carbocycles. The lowest BCUT2D eigenvalue weighted by molar-refractivity contribution is 0.0526. The molecule has 8 nitrogen and oxygen atoms in total. The number of hydrogen-bond donors (Lipinski definition) is 0. The van der Waals surface area contributed by atoms with Crippen LogP contribution in [0.15, 0.2) is 67.1 Å². The lowest BCUT2D eigenvalue weighted by Gasteiger charge is -2.32. The van der Waals surface area contributed by atoms with Crippen LogP contribution in [0.4, 0.5) is 0 Å². The third-order valence-electron chi connectivity index (χ3n) is 6.28. The molecule has 0 radical (unpaired) electrons. The third-order valence-corrected chi connectivity index (χ3v) is 6.28. The van der Waals surface area contributed by atoms with E-state index in [4.69, 9.17) is 4.74 Å². The molecular formula is C27H27N5O3. The highest BCUT2D eigenvalue weighted by Crippen LogP contribution is 2.25. The molecule has 1 fully saturated rings. The van der Waals surface area contributed by atoms with Gasteiger partial charge in [-0.25, -0.2) is 9.78 Å². The number of benzene rings is 2. The number of carbonyl (C=O) groups excluding carboxylic acids is 2. The Labute approximate surface area is 203 Å². The van der Waals surface area contributed by atoms with Gasteiger partial charge in [0.1, 0.15) is 0 Å². The van der Waals surface area contributed by atoms with E-state index in [9.17, 15) is 9.59 Å². The topological polar surface area (TPSA) is 80.0 Å². The fraction of sp³-hybridized carbons (Fsp3) is 0.259. The average Bonchev–Trinajstić information content (AvgIpc) is 3.32. The molecule has 0 spiro atoms. The molecule has 0 unspecified atom stereocenters. The summed E-state index contributed by atoms with van der Waals surface area (Å²) in [6.45, 7) is 5.39. The number of ether oxygens (including phenoxy) is 1. The number of amides is 1. The van der Waals surface area contributed by atoms with Crippen LogP contribution in [0.2, 0.25) is 0 Å². The fourth-order valence-corrected chi connectivity index (χ4v) is 4.25. The van der Waals surface area contributed by atoms with Gasteiger partial charge in [-0.1, -0.05) is 24.3 Å². The van der Waals surface area contributed by atoms with Gasteiger partial charge >= 0.3 is 5.97 Å². The molecule has 178 valence electrons. The normalized spacial score (nSPS) is 14.3. The maximum absolute atomic E-state index is 12.9. The Morgan fingerprint density at radius 2 is 1.69 bits per heavy atom. The van der Waals surface area contributed by atoms with Crippen LogP contribution in [0, 0.1) is 0 Å². The number of carbonyl (C=O) groups is 2. The highest BCUT2D eigenvalue weighted by molar-refractivity contribution is 5.94. The largest absolute Gasteiger partial charge is 0.462 e. The molecule has 0 saturated carbocycles. The summed E-state index contributed by atoms with van der Waals surface area (Å²) in [6, 6.07) is 14.9. The first-order chi connectivity index (χ1) is 17.0. The Morgan fingerprint density at radius 1 is 0.914 bits per heavy atom. The van der Waals surface area contributed by atoms with Gasteiger partial charge in [0.05, 0.1) is 36.0 Å². The maximum atomic E-state index is 12.9. The van der Waals surface area contributed by atoms with Gasteiger partial charge in [0.25, 0.3) is 5.91 Å². The zero-order valence-corrected chi connectivity index (χ0v) is 19.8. The summed E-state index contributed by atoms with van der Waals surface area (Å²) < 4.78 is 7.09. The van der Waals surface area contributed by atoms with Crippen LogP contribution in [0.3, 0.4) is 0 Å². The van der Waals surface area contributed by atoms with Crippen LogP contribution in [0.5, 0.6) is 0 Å². The van der Waals surface area contributed by atoms with E-state index in [1.807, 2.05) is 51.9 Å². The van der Waals surface area contributed by atoms with Crippen LogP contribution < -0.4 is 0 Å². The Balaban J connectivity index is 1.42. The Hall–Kier alpha value is -4.04. The zero-order valence-electron chi connectivity index (χ0n) is 19.8. The Morgan fingerprint density at radius 3 is 2.43 bits per heavy atom. The second-order valence-electron chi connectivity index (χ2n) is 8.62. The van der Waals surface area contributed by atoms with E-state index in [1.54, 1.807) is 31.5 Å². The molecular weight excluding hydrogens is 442 g/mol. The number of rotatable bonds is 5. The molecule has 4 aromatic rings. The van der Waals surface area contributed by atoms with Crippen molar-refractivity contribution in [2.24, 2.45) is 0 Å². The molecule has 1 amide bonds. The maximum Gasteiger partial charge on any atom is 0.338 e. The number of likely N-dealkylation sites (N-methyl/N-ethyl adjacent to an activating group) is 1. The minimum atomic E-state index is -0.350. The van der Waals surface area contributed by atoms with E-state index < -0.39 is 0 Å². The molecule has 35 heavy (non-hydrogen) atoms. The molecule has 2 aromatic carbocycles. The van der Waals surface area contributed by atoms with Gasteiger partial charge in [-0.05, 0) is 38.2 Å². The summed E-state index contributed by atoms with van der Waals surface area (Å²) >= 11 is 0. The van der Waals surface area contributed by atoms with Crippen molar-refractivity contribution >= 4 is 17.5 Å². The van der Waals surface area contributed by atoms with E-state index >= 15 is 0 Å². The van der Waals surface area contributed by atoms with E-state index in [1.165, 1.54) is 0 Å². The second kappa shape index (κ2) is 9.68. The molecule has 1 aliphatic heterocycles. The summed E-state index contributed by atoms with van der Waals surface area (Å²) in [5.41, 5.74) is 5.24. The summed E-state index contributed by atoms with van der Waals surface area (Å²) in [7, 11) is 2.07. The summed E-state index contributed by atoms with van der Waals surface area (Å²) in [6.07, 6.45) is 5.41. The predicted molar refractivity (Wildman–Crippen MR) is 133 cm³/mol. The highest BCUT2D eigenvalue weighted by atomic mass is 16.5. The van der Waals surface area contributed by atoms with Crippen LogP contribution in [0.25, 0.3) is 28.2 Å². The van der Waals surface area contributed by atoms with Crippen molar-refractivity contribution in [3.63, 3.8) is 0 Å². The van der Waals surface area contributed by atoms with Gasteiger partial charge < -0.3 is 14.5 Å². The zero-order chi connectivity index (χ0) is 24.4. The minimum Gasteiger partial charge on any atom is -0.462 e. The molecule has 1 saturated heterocycles. The quantitative estimate of drug-likeness (QED) is 0.416. The SMILES string of the molecule is CCOC(=O)c1cccc(-c2cnc3cnc(-c4ccc(C(=O)N5CCN(C)CC5)cc4)cn23)c1. The molecule has 3 heterocycles. The highest BCUT2D eigenvalue weighted by Gasteiger charge is 2.20. The van der Waals surface area contributed by atoms with Gasteiger partial charge in [0.2, 0.25) is 0 Å². The number of nitrogens with zero attached hydrogens (tertiary/aromatic N) is 5. The lowest BCUT2D eigenvalue weighted by atomic mass is 10.1. The number of aromatic nitrogens is 3. The number of esters is 1. The Kier molecular flexibility index (Phi) is 6.29.